The van der Waals surface area contributed by atoms with Crippen LogP contribution < -0.4 is 0 Å². The summed E-state index contributed by atoms with van der Waals surface area (Å²) in [7, 11) is 0. The van der Waals surface area contributed by atoms with Gasteiger partial charge in [-0.05, 0) is 47.9 Å². The molecule has 2 aliphatic carbocycles. The SMILES string of the molecule is CC1(C)CC(=O)/C(=C(/O)c2ccccc2)C(=Nc2ccc(N=C3CC(C)(C)CC(=O)/C3=C(/O)c3ccccc3)cc2)C1. The quantitative estimate of drug-likeness (QED) is 0.247. The fraction of sp³-hybridized carbons (Fsp3) is 0.278. The molecule has 5 rings (SSSR count). The number of aliphatic imine (C=N–C) groups is 2. The molecule has 3 aromatic carbocycles. The van der Waals surface area contributed by atoms with Crippen molar-refractivity contribution >= 4 is 45.9 Å². The van der Waals surface area contributed by atoms with Crippen LogP contribution in [0.3, 0.4) is 0 Å². The van der Waals surface area contributed by atoms with E-state index < -0.39 is 0 Å². The van der Waals surface area contributed by atoms with Gasteiger partial charge in [0.1, 0.15) is 11.5 Å². The van der Waals surface area contributed by atoms with Gasteiger partial charge in [0.25, 0.3) is 0 Å². The van der Waals surface area contributed by atoms with E-state index >= 15 is 0 Å². The van der Waals surface area contributed by atoms with Gasteiger partial charge >= 0.3 is 0 Å². The normalized spacial score (nSPS) is 22.8. The first-order chi connectivity index (χ1) is 19.9. The number of Topliss-reactive ketones (excluding diaryl/α,β-unsaturated/α-hetero) is 2. The first-order valence-electron chi connectivity index (χ1n) is 14.2. The Kier molecular flexibility index (Phi) is 7.83. The third kappa shape index (κ3) is 6.33. The second-order valence-corrected chi connectivity index (χ2v) is 12.7. The third-order valence-corrected chi connectivity index (χ3v) is 7.65. The van der Waals surface area contributed by atoms with E-state index in [-0.39, 0.29) is 45.1 Å². The summed E-state index contributed by atoms with van der Waals surface area (Å²) in [6.07, 6.45) is 1.74. The molecule has 0 atom stereocenters. The van der Waals surface area contributed by atoms with Gasteiger partial charge < -0.3 is 10.2 Å². The van der Waals surface area contributed by atoms with Crippen molar-refractivity contribution in [3.05, 3.63) is 107 Å². The van der Waals surface area contributed by atoms with Crippen LogP contribution in [-0.4, -0.2) is 33.2 Å². The highest BCUT2D eigenvalue weighted by atomic mass is 16.3. The zero-order chi connectivity index (χ0) is 30.1. The van der Waals surface area contributed by atoms with E-state index in [0.717, 1.165) is 0 Å². The maximum atomic E-state index is 13.2. The standard InChI is InChI=1S/C36H36N2O4/c1-35(2)19-27(31(29(39)21-35)33(41)23-11-7-5-8-12-23)37-25-15-17-26(18-16-25)38-28-20-36(3,4)22-30(40)32(28)34(42)24-13-9-6-10-14-24/h5-18,41-42H,19-22H2,1-4H3/b33-31+,34-32+,37-27?,38-28?. The number of aliphatic hydroxyl groups is 2. The lowest BCUT2D eigenvalue weighted by molar-refractivity contribution is -0.118. The van der Waals surface area contributed by atoms with Crippen LogP contribution in [0.25, 0.3) is 11.5 Å². The van der Waals surface area contributed by atoms with Gasteiger partial charge in [-0.2, -0.15) is 0 Å². The van der Waals surface area contributed by atoms with Crippen LogP contribution in [0.4, 0.5) is 11.4 Å². The van der Waals surface area contributed by atoms with Crippen molar-refractivity contribution in [2.75, 3.05) is 0 Å². The van der Waals surface area contributed by atoms with Crippen LogP contribution in [0, 0.1) is 10.8 Å². The molecule has 6 heteroatoms. The number of carbonyl (C=O) groups is 2. The van der Waals surface area contributed by atoms with Crippen LogP contribution in [0.15, 0.2) is 106 Å². The van der Waals surface area contributed by atoms with E-state index in [1.54, 1.807) is 24.3 Å². The summed E-state index contributed by atoms with van der Waals surface area (Å²) >= 11 is 0. The molecule has 0 unspecified atom stereocenters. The van der Waals surface area contributed by atoms with E-state index in [9.17, 15) is 19.8 Å². The van der Waals surface area contributed by atoms with Gasteiger partial charge in [0, 0.05) is 24.0 Å². The van der Waals surface area contributed by atoms with E-state index in [1.165, 1.54) is 0 Å². The molecule has 0 aliphatic heterocycles. The number of nitrogens with zero attached hydrogens (tertiary/aromatic N) is 2. The Morgan fingerprint density at radius 2 is 0.881 bits per heavy atom. The number of hydrogen-bond acceptors (Lipinski definition) is 6. The molecule has 2 aliphatic rings. The second kappa shape index (κ2) is 11.4. The molecule has 0 spiro atoms. The first-order valence-corrected chi connectivity index (χ1v) is 14.2. The molecule has 0 aromatic heterocycles. The second-order valence-electron chi connectivity index (χ2n) is 12.7. The molecule has 0 bridgehead atoms. The predicted octanol–water partition coefficient (Wildman–Crippen LogP) is 8.55. The van der Waals surface area contributed by atoms with Crippen molar-refractivity contribution < 1.29 is 19.8 Å². The number of hydrogen-bond donors (Lipinski definition) is 2. The van der Waals surface area contributed by atoms with Crippen LogP contribution in [-0.2, 0) is 9.59 Å². The van der Waals surface area contributed by atoms with Gasteiger partial charge in [0.15, 0.2) is 11.6 Å². The highest BCUT2D eigenvalue weighted by Crippen LogP contribution is 2.39. The topological polar surface area (TPSA) is 99.3 Å². The fourth-order valence-corrected chi connectivity index (χ4v) is 5.70. The molecule has 6 nitrogen and oxygen atoms in total. The number of aliphatic hydroxyl groups excluding tert-OH is 2. The minimum atomic E-state index is -0.286. The predicted molar refractivity (Wildman–Crippen MR) is 169 cm³/mol. The van der Waals surface area contributed by atoms with Gasteiger partial charge in [-0.15, -0.1) is 0 Å². The lowest BCUT2D eigenvalue weighted by atomic mass is 9.73. The summed E-state index contributed by atoms with van der Waals surface area (Å²) in [6.45, 7) is 8.11. The molecular formula is C36H36N2O4. The summed E-state index contributed by atoms with van der Waals surface area (Å²) in [5.74, 6) is -0.368. The molecule has 2 N–H and O–H groups in total. The number of allylic oxidation sites excluding steroid dienone is 2. The van der Waals surface area contributed by atoms with Gasteiger partial charge in [0.05, 0.1) is 33.9 Å². The average Bonchev–Trinajstić information content (AvgIpc) is 2.93. The maximum Gasteiger partial charge on any atom is 0.169 e. The summed E-state index contributed by atoms with van der Waals surface area (Å²) < 4.78 is 0. The van der Waals surface area contributed by atoms with Crippen LogP contribution in [0.1, 0.15) is 64.5 Å². The molecule has 3 aromatic rings. The number of ketones is 2. The minimum Gasteiger partial charge on any atom is -0.506 e. The lowest BCUT2D eigenvalue weighted by Crippen LogP contribution is -2.32. The zero-order valence-electron chi connectivity index (χ0n) is 24.5. The van der Waals surface area contributed by atoms with Crippen molar-refractivity contribution in [2.45, 2.75) is 53.4 Å². The van der Waals surface area contributed by atoms with Gasteiger partial charge in [0.2, 0.25) is 0 Å². The van der Waals surface area contributed by atoms with Gasteiger partial charge in [-0.1, -0.05) is 88.4 Å². The van der Waals surface area contributed by atoms with Crippen molar-refractivity contribution in [3.8, 4) is 0 Å². The largest absolute Gasteiger partial charge is 0.506 e. The van der Waals surface area contributed by atoms with Crippen LogP contribution >= 0.6 is 0 Å². The molecular weight excluding hydrogens is 524 g/mol. The first kappa shape index (κ1) is 28.9. The molecule has 0 amide bonds. The molecule has 2 fully saturated rings. The zero-order valence-corrected chi connectivity index (χ0v) is 24.5. The molecule has 0 radical (unpaired) electrons. The van der Waals surface area contributed by atoms with Crippen LogP contribution in [0.5, 0.6) is 0 Å². The van der Waals surface area contributed by atoms with E-state index in [0.29, 0.717) is 59.6 Å². The number of rotatable bonds is 4. The monoisotopic (exact) mass is 560 g/mol. The number of benzene rings is 3. The maximum absolute atomic E-state index is 13.2. The molecule has 0 heterocycles. The van der Waals surface area contributed by atoms with Gasteiger partial charge in [-0.25, -0.2) is 0 Å². The Labute approximate surface area is 246 Å². The Balaban J connectivity index is 1.52. The average molecular weight is 561 g/mol. The highest BCUT2D eigenvalue weighted by molar-refractivity contribution is 6.29. The Morgan fingerprint density at radius 1 is 0.548 bits per heavy atom. The third-order valence-electron chi connectivity index (χ3n) is 7.65. The Bertz CT molecular complexity index is 1520. The van der Waals surface area contributed by atoms with Crippen molar-refractivity contribution in [2.24, 2.45) is 20.8 Å². The lowest BCUT2D eigenvalue weighted by Gasteiger charge is -2.31. The van der Waals surface area contributed by atoms with Crippen molar-refractivity contribution in [1.29, 1.82) is 0 Å². The van der Waals surface area contributed by atoms with Crippen molar-refractivity contribution in [1.82, 2.24) is 0 Å². The molecule has 2 saturated carbocycles. The van der Waals surface area contributed by atoms with E-state index in [2.05, 4.69) is 0 Å². The highest BCUT2D eigenvalue weighted by Gasteiger charge is 2.38. The minimum absolute atomic E-state index is 0.0556. The van der Waals surface area contributed by atoms with Crippen molar-refractivity contribution in [3.63, 3.8) is 0 Å². The summed E-state index contributed by atoms with van der Waals surface area (Å²) in [5, 5.41) is 22.2. The van der Waals surface area contributed by atoms with E-state index in [4.69, 9.17) is 9.98 Å². The van der Waals surface area contributed by atoms with Gasteiger partial charge in [-0.3, -0.25) is 19.6 Å². The Hall–Kier alpha value is -4.58. The molecule has 214 valence electrons. The van der Waals surface area contributed by atoms with E-state index in [1.807, 2.05) is 88.4 Å². The fourth-order valence-electron chi connectivity index (χ4n) is 5.70. The molecule has 0 saturated heterocycles. The summed E-state index contributed by atoms with van der Waals surface area (Å²) in [4.78, 5) is 36.0. The van der Waals surface area contributed by atoms with Crippen LogP contribution in [0.2, 0.25) is 0 Å². The molecule has 42 heavy (non-hydrogen) atoms. The Morgan fingerprint density at radius 3 is 1.21 bits per heavy atom. The number of carbonyl (C=O) groups excluding carboxylic acids is 2. The smallest absolute Gasteiger partial charge is 0.169 e. The summed E-state index contributed by atoms with van der Waals surface area (Å²) in [5.41, 5.74) is 3.46. The summed E-state index contributed by atoms with van der Waals surface area (Å²) in [6, 6.07) is 25.3.